The highest BCUT2D eigenvalue weighted by atomic mass is 31.2. The minimum absolute atomic E-state index is 0.0695. The number of rotatable bonds is 8. The Labute approximate surface area is 216 Å². The van der Waals surface area contributed by atoms with E-state index in [1.165, 1.54) is 17.2 Å². The maximum atomic E-state index is 12.7. The zero-order chi connectivity index (χ0) is 28.1. The van der Waals surface area contributed by atoms with Crippen LogP contribution in [0.5, 0.6) is 0 Å². The number of hydrogen-bond acceptors (Lipinski definition) is 15. The lowest BCUT2D eigenvalue weighted by Gasteiger charge is -2.23. The second kappa shape index (κ2) is 10.5. The number of aliphatic hydroxyl groups is 4. The minimum atomic E-state index is -5.01. The van der Waals surface area contributed by atoms with Gasteiger partial charge in [0.2, 0.25) is 0 Å². The first-order valence-electron chi connectivity index (χ1n) is 11.4. The van der Waals surface area contributed by atoms with Crippen molar-refractivity contribution in [2.24, 2.45) is 0 Å². The van der Waals surface area contributed by atoms with Crippen LogP contribution in [0.4, 0.5) is 5.82 Å². The van der Waals surface area contributed by atoms with Crippen molar-refractivity contribution in [3.8, 4) is 0 Å². The molecule has 3 aromatic rings. The summed E-state index contributed by atoms with van der Waals surface area (Å²) < 4.78 is 35.9. The topological polar surface area (TPSA) is 280 Å². The molecule has 0 bridgehead atoms. The largest absolute Gasteiger partial charge is 0.472 e. The summed E-state index contributed by atoms with van der Waals surface area (Å²) in [6, 6.07) is 0.998. The van der Waals surface area contributed by atoms with E-state index >= 15 is 0 Å². The van der Waals surface area contributed by atoms with Crippen LogP contribution in [-0.4, -0.2) is 104 Å². The number of fused-ring (bicyclic) bond motifs is 1. The number of nitrogens with zero attached hydrogens (tertiary/aromatic N) is 5. The maximum absolute atomic E-state index is 12.7. The van der Waals surface area contributed by atoms with Gasteiger partial charge in [-0.15, -0.1) is 0 Å². The SMILES string of the molecule is Nc1ncnc2c1ncn2[C@@H]1O[C@H](CO)[C@H](OP(=O)(O)OC[C@H]2O[C@@H](n3ccc(=O)[nH]c3=O)C(O)[C@H]2O)C1O. The number of hydrogen-bond donors (Lipinski definition) is 7. The number of aromatic amines is 1. The molecule has 0 saturated carbocycles. The fourth-order valence-corrected chi connectivity index (χ4v) is 5.32. The van der Waals surface area contributed by atoms with Crippen molar-refractivity contribution in [2.45, 2.75) is 49.1 Å². The Morgan fingerprint density at radius 3 is 2.49 bits per heavy atom. The van der Waals surface area contributed by atoms with Gasteiger partial charge in [0, 0.05) is 12.3 Å². The van der Waals surface area contributed by atoms with Gasteiger partial charge in [0.25, 0.3) is 5.56 Å². The monoisotopic (exact) mass is 573 g/mol. The summed E-state index contributed by atoms with van der Waals surface area (Å²) in [5.74, 6) is 0.0695. The quantitative estimate of drug-likeness (QED) is 0.128. The first-order valence-corrected chi connectivity index (χ1v) is 12.9. The maximum Gasteiger partial charge on any atom is 0.472 e. The number of nitrogen functional groups attached to an aromatic ring is 1. The molecule has 3 unspecified atom stereocenters. The summed E-state index contributed by atoms with van der Waals surface area (Å²) in [7, 11) is -5.01. The Hall–Kier alpha value is -3.10. The Morgan fingerprint density at radius 2 is 1.77 bits per heavy atom. The molecule has 5 heterocycles. The molecule has 20 heteroatoms. The highest BCUT2D eigenvalue weighted by molar-refractivity contribution is 7.47. The molecule has 9 atom stereocenters. The van der Waals surface area contributed by atoms with E-state index in [9.17, 15) is 39.5 Å². The van der Waals surface area contributed by atoms with Gasteiger partial charge < -0.3 is 40.5 Å². The number of aliphatic hydroxyl groups excluding tert-OH is 4. The first-order chi connectivity index (χ1) is 18.5. The molecule has 2 fully saturated rings. The number of H-pyrrole nitrogens is 1. The van der Waals surface area contributed by atoms with E-state index in [-0.39, 0.29) is 17.0 Å². The number of phosphoric ester groups is 1. The van der Waals surface area contributed by atoms with Crippen LogP contribution in [0.2, 0.25) is 0 Å². The predicted octanol–water partition coefficient (Wildman–Crippen LogP) is -3.67. The Kier molecular flexibility index (Phi) is 7.37. The molecule has 0 amide bonds. The van der Waals surface area contributed by atoms with Crippen molar-refractivity contribution in [3.05, 3.63) is 45.8 Å². The molecule has 212 valence electrons. The zero-order valence-corrected chi connectivity index (χ0v) is 20.6. The van der Waals surface area contributed by atoms with Crippen molar-refractivity contribution >= 4 is 24.8 Å². The average molecular weight is 573 g/mol. The fourth-order valence-electron chi connectivity index (χ4n) is 4.36. The van der Waals surface area contributed by atoms with E-state index in [1.54, 1.807) is 0 Å². The highest BCUT2D eigenvalue weighted by Crippen LogP contribution is 2.49. The number of nitrogens with two attached hydrogens (primary N) is 1. The van der Waals surface area contributed by atoms with Crippen molar-refractivity contribution in [3.63, 3.8) is 0 Å². The molecule has 0 aliphatic carbocycles. The van der Waals surface area contributed by atoms with Gasteiger partial charge in [0.1, 0.15) is 48.5 Å². The van der Waals surface area contributed by atoms with Crippen LogP contribution in [0.3, 0.4) is 0 Å². The summed E-state index contributed by atoms with van der Waals surface area (Å²) in [6.45, 7) is -1.51. The van der Waals surface area contributed by atoms with Crippen LogP contribution in [0.25, 0.3) is 11.2 Å². The van der Waals surface area contributed by atoms with Crippen LogP contribution in [0.15, 0.2) is 34.5 Å². The molecule has 2 saturated heterocycles. The molecule has 8 N–H and O–H groups in total. The van der Waals surface area contributed by atoms with Crippen LogP contribution in [-0.2, 0) is 23.1 Å². The summed E-state index contributed by atoms with van der Waals surface area (Å²) in [4.78, 5) is 47.5. The molecule has 3 aromatic heterocycles. The number of ether oxygens (including phenoxy) is 2. The first kappa shape index (κ1) is 27.5. The molecule has 5 rings (SSSR count). The third-order valence-corrected chi connectivity index (χ3v) is 7.26. The molecule has 0 aromatic carbocycles. The summed E-state index contributed by atoms with van der Waals surface area (Å²) in [5, 5.41) is 41.2. The molecule has 2 aliphatic rings. The van der Waals surface area contributed by atoms with Crippen LogP contribution < -0.4 is 17.0 Å². The summed E-state index contributed by atoms with van der Waals surface area (Å²) in [6.07, 6.45) is -8.42. The van der Waals surface area contributed by atoms with Crippen LogP contribution in [0, 0.1) is 0 Å². The predicted molar refractivity (Wildman–Crippen MR) is 125 cm³/mol. The number of phosphoric acid groups is 1. The van der Waals surface area contributed by atoms with E-state index in [0.717, 1.165) is 16.8 Å². The molecule has 39 heavy (non-hydrogen) atoms. The van der Waals surface area contributed by atoms with Crippen molar-refractivity contribution in [1.82, 2.24) is 29.1 Å². The zero-order valence-electron chi connectivity index (χ0n) is 19.7. The second-order valence-electron chi connectivity index (χ2n) is 8.72. The molecule has 0 radical (unpaired) electrons. The lowest BCUT2D eigenvalue weighted by atomic mass is 10.1. The van der Waals surface area contributed by atoms with E-state index < -0.39 is 81.4 Å². The molecular formula is C19H24N7O12P. The van der Waals surface area contributed by atoms with Gasteiger partial charge in [-0.25, -0.2) is 24.3 Å². The lowest BCUT2D eigenvalue weighted by molar-refractivity contribution is -0.0610. The Balaban J connectivity index is 1.26. The Morgan fingerprint density at radius 1 is 1.05 bits per heavy atom. The second-order valence-corrected chi connectivity index (χ2v) is 10.1. The van der Waals surface area contributed by atoms with E-state index in [2.05, 4.69) is 15.0 Å². The number of anilines is 1. The van der Waals surface area contributed by atoms with E-state index in [0.29, 0.717) is 0 Å². The summed E-state index contributed by atoms with van der Waals surface area (Å²) in [5.41, 5.74) is 4.56. The fraction of sp³-hybridized carbons (Fsp3) is 0.526. The van der Waals surface area contributed by atoms with Gasteiger partial charge >= 0.3 is 13.5 Å². The molecule has 19 nitrogen and oxygen atoms in total. The Bertz CT molecular complexity index is 1510. The van der Waals surface area contributed by atoms with Gasteiger partial charge in [-0.05, 0) is 0 Å². The van der Waals surface area contributed by atoms with Gasteiger partial charge in [-0.2, -0.15) is 0 Å². The normalized spacial score (nSPS) is 32.5. The lowest BCUT2D eigenvalue weighted by Crippen LogP contribution is -2.37. The standard InChI is InChI=1S/C19H24N7O12P/c20-15-10-16(22-5-21-15)26(6-23-10)18-13(31)14(7(3-27)36-18)38-39(33,34)35-4-8-11(29)12(30)17(37-8)25-2-1-9(28)24-19(25)32/h1-2,5-8,11-14,17-18,27,29-31H,3-4H2,(H,33,34)(H2,20,21,22)(H,24,28,32)/t7-,8-,11+,12?,13?,14+,17-,18-/m1/s1. The van der Waals surface area contributed by atoms with E-state index in [4.69, 9.17) is 24.3 Å². The van der Waals surface area contributed by atoms with Crippen LogP contribution in [0.1, 0.15) is 12.5 Å². The van der Waals surface area contributed by atoms with Gasteiger partial charge in [0.05, 0.1) is 19.5 Å². The smallest absolute Gasteiger partial charge is 0.394 e. The third kappa shape index (κ3) is 5.12. The molecule has 0 spiro atoms. The van der Waals surface area contributed by atoms with Crippen molar-refractivity contribution in [1.29, 1.82) is 0 Å². The molecule has 2 aliphatic heterocycles. The summed E-state index contributed by atoms with van der Waals surface area (Å²) >= 11 is 0. The van der Waals surface area contributed by atoms with Crippen molar-refractivity contribution in [2.75, 3.05) is 18.9 Å². The average Bonchev–Trinajstić information content (AvgIpc) is 3.53. The molecular weight excluding hydrogens is 549 g/mol. The van der Waals surface area contributed by atoms with Gasteiger partial charge in [-0.3, -0.25) is 28.0 Å². The van der Waals surface area contributed by atoms with Crippen molar-refractivity contribution < 1.29 is 48.4 Å². The minimum Gasteiger partial charge on any atom is -0.394 e. The number of nitrogens with one attached hydrogen (secondary N) is 1. The highest BCUT2D eigenvalue weighted by Gasteiger charge is 2.50. The number of imidazole rings is 1. The van der Waals surface area contributed by atoms with E-state index in [1.807, 2.05) is 4.98 Å². The number of aromatic nitrogens is 6. The van der Waals surface area contributed by atoms with Gasteiger partial charge in [0.15, 0.2) is 23.9 Å². The van der Waals surface area contributed by atoms with Crippen LogP contribution >= 0.6 is 7.82 Å². The third-order valence-electron chi connectivity index (χ3n) is 6.27. The van der Waals surface area contributed by atoms with Gasteiger partial charge in [-0.1, -0.05) is 0 Å².